The molecule has 0 spiro atoms. The van der Waals surface area contributed by atoms with Gasteiger partial charge in [0.15, 0.2) is 0 Å². The molecule has 1 aromatic heterocycles. The summed E-state index contributed by atoms with van der Waals surface area (Å²) in [5, 5.41) is 26.5. The number of halogens is 1. The summed E-state index contributed by atoms with van der Waals surface area (Å²) in [6.07, 6.45) is 4.51. The van der Waals surface area contributed by atoms with Crippen molar-refractivity contribution in [2.24, 2.45) is 0 Å². The van der Waals surface area contributed by atoms with Gasteiger partial charge in [0, 0.05) is 24.7 Å². The van der Waals surface area contributed by atoms with Gasteiger partial charge >= 0.3 is 6.03 Å². The smallest absolute Gasteiger partial charge is 0.320 e. The minimum Gasteiger partial charge on any atom is -0.390 e. The predicted molar refractivity (Wildman–Crippen MR) is 116 cm³/mol. The van der Waals surface area contributed by atoms with Crippen LogP contribution >= 0.6 is 0 Å². The first-order valence-corrected chi connectivity index (χ1v) is 9.68. The van der Waals surface area contributed by atoms with Gasteiger partial charge in [0.25, 0.3) is 0 Å². The number of anilines is 2. The monoisotopic (exact) mass is 417 g/mol. The highest BCUT2D eigenvalue weighted by atomic mass is 19.1. The number of urea groups is 1. The van der Waals surface area contributed by atoms with Crippen LogP contribution in [0.4, 0.5) is 20.7 Å². The van der Waals surface area contributed by atoms with E-state index >= 15 is 0 Å². The summed E-state index contributed by atoms with van der Waals surface area (Å²) in [6.45, 7) is 8.03. The van der Waals surface area contributed by atoms with Crippen molar-refractivity contribution in [1.82, 2.24) is 10.3 Å². The van der Waals surface area contributed by atoms with Crippen LogP contribution in [0.2, 0.25) is 0 Å². The summed E-state index contributed by atoms with van der Waals surface area (Å²) >= 11 is 0. The first-order chi connectivity index (χ1) is 14.4. The van der Waals surface area contributed by atoms with Crippen molar-refractivity contribution < 1.29 is 19.0 Å². The van der Waals surface area contributed by atoms with E-state index in [0.717, 1.165) is 6.21 Å². The number of hydrogen-bond donors (Lipinski definition) is 5. The quantitative estimate of drug-likeness (QED) is 0.360. The highest BCUT2D eigenvalue weighted by Gasteiger charge is 2.21. The molecule has 2 rings (SSSR count). The number of fused-ring (bicyclic) bond motifs is 2. The summed E-state index contributed by atoms with van der Waals surface area (Å²) in [4.78, 5) is 16.9. The third-order valence-corrected chi connectivity index (χ3v) is 4.30. The standard InChI is InChI=1S/C21H28FN5O3/c1-4-6-15(22)7-13(3)18-12-30-11-16(28)9-17-20(24-5-2)14(10-23)8-19(25-17)27-21(29)26-18/h4,6-8,10,16,18,23-24,28H,3,5,9,11-12H2,1-2H3,(H2,25,26,27,29)/b6-4-,15-7+,23-10?/t16-,18+/m0/s1. The lowest BCUT2D eigenvalue weighted by atomic mass is 10.1. The Balaban J connectivity index is 2.34. The zero-order chi connectivity index (χ0) is 22.1. The topological polar surface area (TPSA) is 119 Å². The van der Waals surface area contributed by atoms with E-state index in [1.54, 1.807) is 19.1 Å². The highest BCUT2D eigenvalue weighted by molar-refractivity contribution is 5.92. The lowest BCUT2D eigenvalue weighted by Gasteiger charge is -2.23. The first kappa shape index (κ1) is 23.2. The predicted octanol–water partition coefficient (Wildman–Crippen LogP) is 2.92. The summed E-state index contributed by atoms with van der Waals surface area (Å²) < 4.78 is 19.4. The average Bonchev–Trinajstić information content (AvgIpc) is 2.68. The number of allylic oxidation sites excluding steroid dienone is 3. The number of amides is 2. The number of aliphatic hydroxyl groups is 1. The molecule has 1 aliphatic rings. The molecule has 2 heterocycles. The van der Waals surface area contributed by atoms with Crippen molar-refractivity contribution in [3.8, 4) is 0 Å². The van der Waals surface area contributed by atoms with E-state index < -0.39 is 24.0 Å². The molecule has 0 fully saturated rings. The largest absolute Gasteiger partial charge is 0.390 e. The number of nitrogens with zero attached hydrogens (tertiary/aromatic N) is 1. The molecule has 8 nitrogen and oxygen atoms in total. The highest BCUT2D eigenvalue weighted by Crippen LogP contribution is 2.24. The maximum atomic E-state index is 13.8. The van der Waals surface area contributed by atoms with Gasteiger partial charge < -0.3 is 25.9 Å². The molecule has 2 bridgehead atoms. The molecule has 162 valence electrons. The second-order valence-electron chi connectivity index (χ2n) is 6.74. The maximum Gasteiger partial charge on any atom is 0.320 e. The number of carbonyl (C=O) groups excluding carboxylic acids is 1. The Morgan fingerprint density at radius 3 is 2.97 bits per heavy atom. The molecule has 9 heteroatoms. The number of aromatic nitrogens is 1. The number of aliphatic hydroxyl groups excluding tert-OH is 1. The zero-order valence-electron chi connectivity index (χ0n) is 17.2. The summed E-state index contributed by atoms with van der Waals surface area (Å²) in [5.41, 5.74) is 1.98. The van der Waals surface area contributed by atoms with E-state index in [2.05, 4.69) is 27.5 Å². The van der Waals surface area contributed by atoms with E-state index in [-0.39, 0.29) is 25.5 Å². The SMILES string of the molecule is C=C(/C=C(F)\C=C/C)[C@H]1COC[C@@H](O)Cc2nc(cc(C=N)c2NCC)NC(=O)N1. The fraction of sp³-hybridized carbons (Fsp3) is 0.381. The molecule has 30 heavy (non-hydrogen) atoms. The van der Waals surface area contributed by atoms with Gasteiger partial charge in [0.2, 0.25) is 0 Å². The lowest BCUT2D eigenvalue weighted by molar-refractivity contribution is 0.0321. The second-order valence-corrected chi connectivity index (χ2v) is 6.74. The summed E-state index contributed by atoms with van der Waals surface area (Å²) in [7, 11) is 0. The van der Waals surface area contributed by atoms with E-state index in [1.807, 2.05) is 6.92 Å². The molecule has 0 aromatic carbocycles. The van der Waals surface area contributed by atoms with Crippen LogP contribution in [-0.2, 0) is 11.2 Å². The molecule has 1 aliphatic heterocycles. The molecular weight excluding hydrogens is 389 g/mol. The number of carbonyl (C=O) groups is 1. The number of nitrogens with one attached hydrogen (secondary N) is 4. The van der Waals surface area contributed by atoms with Gasteiger partial charge in [-0.05, 0) is 37.6 Å². The van der Waals surface area contributed by atoms with Crippen molar-refractivity contribution >= 4 is 23.8 Å². The number of rotatable bonds is 6. The van der Waals surface area contributed by atoms with Crippen LogP contribution in [-0.4, -0.2) is 54.2 Å². The lowest BCUT2D eigenvalue weighted by Crippen LogP contribution is -2.42. The van der Waals surface area contributed by atoms with Gasteiger partial charge in [-0.3, -0.25) is 5.32 Å². The van der Waals surface area contributed by atoms with Crippen LogP contribution in [0.15, 0.2) is 42.3 Å². The Labute approximate surface area is 175 Å². The van der Waals surface area contributed by atoms with Crippen LogP contribution in [0.3, 0.4) is 0 Å². The zero-order valence-corrected chi connectivity index (χ0v) is 17.2. The van der Waals surface area contributed by atoms with E-state index in [1.165, 1.54) is 12.2 Å². The Hall–Kier alpha value is -3.04. The van der Waals surface area contributed by atoms with E-state index in [9.17, 15) is 14.3 Å². The molecule has 5 N–H and O–H groups in total. The normalized spacial score (nSPS) is 20.5. The summed E-state index contributed by atoms with van der Waals surface area (Å²) in [6, 6.07) is 0.282. The van der Waals surface area contributed by atoms with Crippen LogP contribution in [0.5, 0.6) is 0 Å². The molecule has 2 atom stereocenters. The Kier molecular flexibility index (Phi) is 8.70. The van der Waals surface area contributed by atoms with Crippen molar-refractivity contribution in [3.63, 3.8) is 0 Å². The van der Waals surface area contributed by atoms with E-state index in [0.29, 0.717) is 29.1 Å². The molecule has 0 aliphatic carbocycles. The van der Waals surface area contributed by atoms with Gasteiger partial charge in [-0.15, -0.1) is 0 Å². The van der Waals surface area contributed by atoms with Gasteiger partial charge in [-0.25, -0.2) is 14.2 Å². The van der Waals surface area contributed by atoms with Gasteiger partial charge in [0.05, 0.1) is 36.7 Å². The van der Waals surface area contributed by atoms with Crippen molar-refractivity contribution in [2.75, 3.05) is 30.4 Å². The van der Waals surface area contributed by atoms with Crippen molar-refractivity contribution in [3.05, 3.63) is 53.5 Å². The van der Waals surface area contributed by atoms with Gasteiger partial charge in [0.1, 0.15) is 11.6 Å². The fourth-order valence-corrected chi connectivity index (χ4v) is 2.97. The third kappa shape index (κ3) is 6.50. The fourth-order valence-electron chi connectivity index (χ4n) is 2.97. The minimum absolute atomic E-state index is 0.00840. The number of pyridine rings is 1. The number of ether oxygens (including phenoxy) is 1. The van der Waals surface area contributed by atoms with Crippen LogP contribution in [0, 0.1) is 5.41 Å². The van der Waals surface area contributed by atoms with Crippen LogP contribution < -0.4 is 16.0 Å². The van der Waals surface area contributed by atoms with Crippen LogP contribution in [0.25, 0.3) is 0 Å². The van der Waals surface area contributed by atoms with Gasteiger partial charge in [-0.1, -0.05) is 12.7 Å². The summed E-state index contributed by atoms with van der Waals surface area (Å²) in [5.74, 6) is -0.270. The molecule has 0 radical (unpaired) electrons. The molecule has 1 aromatic rings. The van der Waals surface area contributed by atoms with Crippen molar-refractivity contribution in [1.29, 1.82) is 5.41 Å². The average molecular weight is 417 g/mol. The molecule has 0 saturated carbocycles. The van der Waals surface area contributed by atoms with E-state index in [4.69, 9.17) is 10.1 Å². The maximum absolute atomic E-state index is 13.8. The van der Waals surface area contributed by atoms with Crippen LogP contribution in [0.1, 0.15) is 25.1 Å². The Morgan fingerprint density at radius 1 is 1.53 bits per heavy atom. The van der Waals surface area contributed by atoms with Gasteiger partial charge in [-0.2, -0.15) is 0 Å². The molecule has 0 unspecified atom stereocenters. The molecular formula is C21H28FN5O3. The third-order valence-electron chi connectivity index (χ3n) is 4.30. The minimum atomic E-state index is -0.858. The van der Waals surface area contributed by atoms with Crippen molar-refractivity contribution in [2.45, 2.75) is 32.4 Å². The first-order valence-electron chi connectivity index (χ1n) is 9.68. The molecule has 2 amide bonds. The molecule has 0 saturated heterocycles. The second kappa shape index (κ2) is 11.2. The number of hydrogen-bond acceptors (Lipinski definition) is 6. The Bertz CT molecular complexity index is 853. The Morgan fingerprint density at radius 2 is 2.30 bits per heavy atom.